The van der Waals surface area contributed by atoms with Crippen LogP contribution in [-0.2, 0) is 30.3 Å². The summed E-state index contributed by atoms with van der Waals surface area (Å²) in [6, 6.07) is 5.52. The number of ether oxygens (including phenoxy) is 3. The molecule has 1 saturated heterocycles. The summed E-state index contributed by atoms with van der Waals surface area (Å²) in [6.45, 7) is 10.5. The van der Waals surface area contributed by atoms with Crippen molar-refractivity contribution in [1.82, 2.24) is 5.32 Å². The highest BCUT2D eigenvalue weighted by atomic mass is 16.7. The van der Waals surface area contributed by atoms with Gasteiger partial charge in [0.05, 0.1) is 0 Å². The fourth-order valence-corrected chi connectivity index (χ4v) is 2.47. The van der Waals surface area contributed by atoms with Gasteiger partial charge in [-0.1, -0.05) is 6.07 Å². The van der Waals surface area contributed by atoms with Gasteiger partial charge < -0.3 is 24.8 Å². The van der Waals surface area contributed by atoms with Gasteiger partial charge in [-0.3, -0.25) is 0 Å². The van der Waals surface area contributed by atoms with E-state index in [-0.39, 0.29) is 12.1 Å². The van der Waals surface area contributed by atoms with E-state index >= 15 is 0 Å². The highest BCUT2D eigenvalue weighted by Crippen LogP contribution is 2.23. The zero-order chi connectivity index (χ0) is 21.1. The molecule has 0 radical (unpaired) electrons. The number of hydrogen-bond acceptors (Lipinski definition) is 7. The fraction of sp³-hybridized carbons (Fsp3) is 0.450. The molecule has 152 valence electrons. The maximum absolute atomic E-state index is 12.0. The molecule has 0 aliphatic carbocycles. The number of amides is 1. The van der Waals surface area contributed by atoms with Crippen molar-refractivity contribution in [2.75, 3.05) is 5.32 Å². The number of carbonyl (C=O) groups excluding carboxylic acids is 3. The molecule has 8 nitrogen and oxygen atoms in total. The van der Waals surface area contributed by atoms with Crippen LogP contribution in [0.1, 0.15) is 45.7 Å². The Morgan fingerprint density at radius 2 is 1.75 bits per heavy atom. The van der Waals surface area contributed by atoms with Crippen LogP contribution < -0.4 is 10.6 Å². The molecule has 0 spiro atoms. The Labute approximate surface area is 164 Å². The lowest BCUT2D eigenvalue weighted by molar-refractivity contribution is -0.222. The number of carbonyl (C=O) groups is 3. The Hall–Kier alpha value is -3.03. The van der Waals surface area contributed by atoms with E-state index in [4.69, 9.17) is 14.2 Å². The molecule has 8 heteroatoms. The van der Waals surface area contributed by atoms with Crippen molar-refractivity contribution in [1.29, 1.82) is 0 Å². The molecule has 1 amide bonds. The van der Waals surface area contributed by atoms with Crippen molar-refractivity contribution in [2.24, 2.45) is 0 Å². The van der Waals surface area contributed by atoms with E-state index in [1.54, 1.807) is 26.8 Å². The zero-order valence-corrected chi connectivity index (χ0v) is 17.0. The van der Waals surface area contributed by atoms with Crippen LogP contribution >= 0.6 is 0 Å². The second-order valence-electron chi connectivity index (χ2n) is 7.94. The Bertz CT molecular complexity index is 798. The van der Waals surface area contributed by atoms with Gasteiger partial charge >= 0.3 is 18.0 Å². The second kappa shape index (κ2) is 7.92. The molecule has 1 aromatic rings. The van der Waals surface area contributed by atoms with Gasteiger partial charge in [0.15, 0.2) is 5.57 Å². The number of aryl methyl sites for hydroxylation is 1. The number of hydrogen-bond donors (Lipinski definition) is 2. The summed E-state index contributed by atoms with van der Waals surface area (Å²) < 4.78 is 15.3. The Morgan fingerprint density at radius 3 is 2.32 bits per heavy atom. The molecule has 28 heavy (non-hydrogen) atoms. The molecular formula is C20H26N2O6. The van der Waals surface area contributed by atoms with E-state index in [0.29, 0.717) is 5.69 Å². The van der Waals surface area contributed by atoms with E-state index in [1.165, 1.54) is 20.0 Å². The van der Waals surface area contributed by atoms with Crippen molar-refractivity contribution in [2.45, 2.75) is 59.5 Å². The van der Waals surface area contributed by atoms with Gasteiger partial charge in [0, 0.05) is 32.3 Å². The van der Waals surface area contributed by atoms with E-state index < -0.39 is 29.4 Å². The first-order valence-electron chi connectivity index (χ1n) is 8.85. The average molecular weight is 390 g/mol. The van der Waals surface area contributed by atoms with Gasteiger partial charge in [0.25, 0.3) is 5.79 Å². The quantitative estimate of drug-likeness (QED) is 0.462. The van der Waals surface area contributed by atoms with Crippen molar-refractivity contribution in [3.63, 3.8) is 0 Å². The van der Waals surface area contributed by atoms with E-state index in [2.05, 4.69) is 10.6 Å². The minimum atomic E-state index is -1.28. The third-order valence-electron chi connectivity index (χ3n) is 3.47. The molecular weight excluding hydrogens is 364 g/mol. The normalized spacial score (nSPS) is 16.0. The maximum atomic E-state index is 12.0. The zero-order valence-electron chi connectivity index (χ0n) is 17.0. The van der Waals surface area contributed by atoms with E-state index in [0.717, 1.165) is 11.1 Å². The van der Waals surface area contributed by atoms with Gasteiger partial charge in [0.2, 0.25) is 0 Å². The topological polar surface area (TPSA) is 103 Å². The number of nitrogens with one attached hydrogen (secondary N) is 2. The number of cyclic esters (lactones) is 2. The molecule has 0 aromatic heterocycles. The lowest BCUT2D eigenvalue weighted by atomic mass is 10.1. The standard InChI is InChI=1S/C20H26N2O6/c1-12-7-13(10-22-18(25)28-19(2,3)4)9-14(8-12)21-11-15-16(23)26-20(5,6)27-17(15)24/h7-9,11,21H,10H2,1-6H3,(H,22,25). The summed E-state index contributed by atoms with van der Waals surface area (Å²) in [7, 11) is 0. The Kier molecular flexibility index (Phi) is 6.01. The molecule has 1 aliphatic heterocycles. The smallest absolute Gasteiger partial charge is 0.407 e. The predicted octanol–water partition coefficient (Wildman–Crippen LogP) is 3.15. The summed E-state index contributed by atoms with van der Waals surface area (Å²) in [4.78, 5) is 35.7. The van der Waals surface area contributed by atoms with E-state index in [1.807, 2.05) is 19.1 Å². The van der Waals surface area contributed by atoms with Crippen LogP contribution in [0, 0.1) is 6.92 Å². The molecule has 2 N–H and O–H groups in total. The highest BCUT2D eigenvalue weighted by Gasteiger charge is 2.38. The van der Waals surface area contributed by atoms with Gasteiger partial charge in [-0.05, 0) is 51.0 Å². The lowest BCUT2D eigenvalue weighted by Crippen LogP contribution is -2.42. The minimum Gasteiger partial charge on any atom is -0.444 e. The Balaban J connectivity index is 2.06. The van der Waals surface area contributed by atoms with Crippen LogP contribution in [0.3, 0.4) is 0 Å². The van der Waals surface area contributed by atoms with Crippen LogP contribution in [-0.4, -0.2) is 29.4 Å². The van der Waals surface area contributed by atoms with Gasteiger partial charge in [-0.2, -0.15) is 0 Å². The van der Waals surface area contributed by atoms with E-state index in [9.17, 15) is 14.4 Å². The van der Waals surface area contributed by atoms with Crippen LogP contribution in [0.5, 0.6) is 0 Å². The predicted molar refractivity (Wildman–Crippen MR) is 102 cm³/mol. The summed E-state index contributed by atoms with van der Waals surface area (Å²) in [5, 5.41) is 5.59. The number of alkyl carbamates (subject to hydrolysis) is 1. The molecule has 0 saturated carbocycles. The second-order valence-corrected chi connectivity index (χ2v) is 7.94. The molecule has 1 fully saturated rings. The van der Waals surface area contributed by atoms with Gasteiger partial charge in [0.1, 0.15) is 5.60 Å². The van der Waals surface area contributed by atoms with Crippen molar-refractivity contribution in [3.05, 3.63) is 41.1 Å². The number of anilines is 1. The monoisotopic (exact) mass is 390 g/mol. The van der Waals surface area contributed by atoms with Gasteiger partial charge in [-0.15, -0.1) is 0 Å². The Morgan fingerprint density at radius 1 is 1.14 bits per heavy atom. The lowest BCUT2D eigenvalue weighted by Gasteiger charge is -2.29. The number of benzene rings is 1. The highest BCUT2D eigenvalue weighted by molar-refractivity contribution is 6.15. The number of esters is 2. The first kappa shape index (κ1) is 21.3. The fourth-order valence-electron chi connectivity index (χ4n) is 2.47. The van der Waals surface area contributed by atoms with Gasteiger partial charge in [-0.25, -0.2) is 14.4 Å². The van der Waals surface area contributed by atoms with Crippen LogP contribution in [0.4, 0.5) is 10.5 Å². The summed E-state index contributed by atoms with van der Waals surface area (Å²) in [5.41, 5.74) is 1.59. The number of rotatable bonds is 4. The summed E-state index contributed by atoms with van der Waals surface area (Å²) in [6.07, 6.45) is 0.737. The summed E-state index contributed by atoms with van der Waals surface area (Å²) in [5.74, 6) is -2.79. The van der Waals surface area contributed by atoms with Crippen molar-refractivity contribution >= 4 is 23.7 Å². The third-order valence-corrected chi connectivity index (χ3v) is 3.47. The first-order valence-corrected chi connectivity index (χ1v) is 8.85. The third kappa shape index (κ3) is 6.29. The van der Waals surface area contributed by atoms with Crippen LogP contribution in [0.2, 0.25) is 0 Å². The molecule has 1 aliphatic rings. The van der Waals surface area contributed by atoms with Crippen LogP contribution in [0.15, 0.2) is 30.0 Å². The van der Waals surface area contributed by atoms with Crippen molar-refractivity contribution < 1.29 is 28.6 Å². The SMILES string of the molecule is Cc1cc(CNC(=O)OC(C)(C)C)cc(NC=C2C(=O)OC(C)(C)OC2=O)c1. The van der Waals surface area contributed by atoms with Crippen molar-refractivity contribution in [3.8, 4) is 0 Å². The molecule has 2 rings (SSSR count). The first-order chi connectivity index (χ1) is 12.8. The largest absolute Gasteiger partial charge is 0.444 e. The van der Waals surface area contributed by atoms with Crippen LogP contribution in [0.25, 0.3) is 0 Å². The molecule has 0 atom stereocenters. The molecule has 1 aromatic carbocycles. The minimum absolute atomic E-state index is 0.228. The molecule has 1 heterocycles. The maximum Gasteiger partial charge on any atom is 0.407 e. The molecule has 0 bridgehead atoms. The summed E-state index contributed by atoms with van der Waals surface area (Å²) >= 11 is 0. The molecule has 0 unspecified atom stereocenters. The average Bonchev–Trinajstić information content (AvgIpc) is 2.49.